The van der Waals surface area contributed by atoms with Crippen molar-refractivity contribution in [1.29, 1.82) is 5.26 Å². The summed E-state index contributed by atoms with van der Waals surface area (Å²) in [5.41, 5.74) is -0.430. The topological polar surface area (TPSA) is 79.0 Å². The first-order valence-corrected chi connectivity index (χ1v) is 9.09. The Kier molecular flexibility index (Phi) is 4.91. The minimum Gasteiger partial charge on any atom is -0.325 e. The zero-order valence-electron chi connectivity index (χ0n) is 14.0. The molecule has 1 fully saturated rings. The summed E-state index contributed by atoms with van der Waals surface area (Å²) in [6, 6.07) is 7.61. The maximum Gasteiger partial charge on any atom is 0.261 e. The number of rotatable bonds is 3. The van der Waals surface area contributed by atoms with Crippen molar-refractivity contribution >= 4 is 32.7 Å². The first kappa shape index (κ1) is 17.6. The van der Waals surface area contributed by atoms with Crippen LogP contribution in [0.25, 0.3) is 10.9 Å². The number of aromatic nitrogens is 2. The molecule has 1 aliphatic rings. The van der Waals surface area contributed by atoms with E-state index in [-0.39, 0.29) is 18.0 Å². The third kappa shape index (κ3) is 3.31. The van der Waals surface area contributed by atoms with Gasteiger partial charge in [0.1, 0.15) is 12.1 Å². The van der Waals surface area contributed by atoms with Crippen LogP contribution in [0.3, 0.4) is 0 Å². The normalized spacial score (nSPS) is 16.4. The van der Waals surface area contributed by atoms with Gasteiger partial charge in [-0.1, -0.05) is 35.2 Å². The van der Waals surface area contributed by atoms with Gasteiger partial charge in [-0.25, -0.2) is 4.98 Å². The van der Waals surface area contributed by atoms with Crippen LogP contribution in [-0.4, -0.2) is 32.9 Å². The summed E-state index contributed by atoms with van der Waals surface area (Å²) in [4.78, 5) is 31.1. The molecule has 1 aliphatic carbocycles. The molecule has 0 saturated heterocycles. The lowest BCUT2D eigenvalue weighted by Gasteiger charge is -2.39. The van der Waals surface area contributed by atoms with Crippen LogP contribution in [0.1, 0.15) is 32.1 Å². The molecule has 0 bridgehead atoms. The molecule has 0 unspecified atom stereocenters. The van der Waals surface area contributed by atoms with E-state index in [4.69, 9.17) is 0 Å². The lowest BCUT2D eigenvalue weighted by atomic mass is 9.81. The zero-order valence-corrected chi connectivity index (χ0v) is 15.6. The highest BCUT2D eigenvalue weighted by Crippen LogP contribution is 2.32. The Hall–Kier alpha value is -2.20. The van der Waals surface area contributed by atoms with Crippen LogP contribution in [0.15, 0.2) is 33.8 Å². The van der Waals surface area contributed by atoms with Crippen molar-refractivity contribution in [1.82, 2.24) is 14.5 Å². The Morgan fingerprint density at radius 1 is 1.40 bits per heavy atom. The third-order valence-electron chi connectivity index (χ3n) is 5.00. The van der Waals surface area contributed by atoms with Crippen LogP contribution in [0.5, 0.6) is 0 Å². The predicted molar refractivity (Wildman–Crippen MR) is 97.9 cm³/mol. The van der Waals surface area contributed by atoms with E-state index in [0.29, 0.717) is 23.7 Å². The smallest absolute Gasteiger partial charge is 0.261 e. The highest BCUT2D eigenvalue weighted by molar-refractivity contribution is 9.10. The number of fused-ring (bicyclic) bond motifs is 1. The number of likely N-dealkylation sites (N-methyl/N-ethyl adjacent to an activating group) is 1. The van der Waals surface area contributed by atoms with Crippen LogP contribution in [-0.2, 0) is 11.3 Å². The molecule has 1 amide bonds. The number of halogens is 1. The number of benzene rings is 1. The van der Waals surface area contributed by atoms with Crippen LogP contribution in [0, 0.1) is 11.3 Å². The second-order valence-electron chi connectivity index (χ2n) is 6.50. The lowest BCUT2D eigenvalue weighted by molar-refractivity contribution is -0.135. The molecule has 0 aliphatic heterocycles. The van der Waals surface area contributed by atoms with Crippen molar-refractivity contribution in [2.24, 2.45) is 0 Å². The Labute approximate surface area is 154 Å². The minimum atomic E-state index is -0.758. The summed E-state index contributed by atoms with van der Waals surface area (Å²) in [7, 11) is 1.66. The molecule has 1 aromatic heterocycles. The number of carbonyl (C=O) groups is 1. The van der Waals surface area contributed by atoms with Gasteiger partial charge in [0.2, 0.25) is 5.91 Å². The van der Waals surface area contributed by atoms with Gasteiger partial charge in [0, 0.05) is 11.5 Å². The van der Waals surface area contributed by atoms with Crippen LogP contribution in [0.2, 0.25) is 0 Å². The number of nitriles is 1. The number of amides is 1. The summed E-state index contributed by atoms with van der Waals surface area (Å²) in [5.74, 6) is -0.248. The molecule has 1 aromatic carbocycles. The van der Waals surface area contributed by atoms with Gasteiger partial charge in [-0.15, -0.1) is 0 Å². The molecule has 3 rings (SSSR count). The van der Waals surface area contributed by atoms with Crippen LogP contribution in [0.4, 0.5) is 0 Å². The quantitative estimate of drug-likeness (QED) is 0.790. The fraction of sp³-hybridized carbons (Fsp3) is 0.444. The van der Waals surface area contributed by atoms with E-state index in [0.717, 1.165) is 23.7 Å². The summed E-state index contributed by atoms with van der Waals surface area (Å²) in [5, 5.41) is 10.1. The molecule has 6 nitrogen and oxygen atoms in total. The van der Waals surface area contributed by atoms with Crippen molar-refractivity contribution in [2.75, 3.05) is 7.05 Å². The van der Waals surface area contributed by atoms with Gasteiger partial charge in [0.15, 0.2) is 0 Å². The second kappa shape index (κ2) is 6.96. The molecule has 7 heteroatoms. The van der Waals surface area contributed by atoms with E-state index in [1.165, 1.54) is 15.8 Å². The van der Waals surface area contributed by atoms with Gasteiger partial charge in [0.05, 0.1) is 23.3 Å². The van der Waals surface area contributed by atoms with Crippen molar-refractivity contribution in [3.63, 3.8) is 0 Å². The third-order valence-corrected chi connectivity index (χ3v) is 5.49. The van der Waals surface area contributed by atoms with E-state index >= 15 is 0 Å². The highest BCUT2D eigenvalue weighted by atomic mass is 79.9. The molecule has 0 atom stereocenters. The second-order valence-corrected chi connectivity index (χ2v) is 7.41. The Morgan fingerprint density at radius 3 is 2.80 bits per heavy atom. The van der Waals surface area contributed by atoms with Crippen LogP contribution >= 0.6 is 15.9 Å². The van der Waals surface area contributed by atoms with E-state index < -0.39 is 5.54 Å². The molecule has 0 N–H and O–H groups in total. The molecule has 0 spiro atoms. The van der Waals surface area contributed by atoms with Crippen molar-refractivity contribution in [3.05, 3.63) is 39.4 Å². The first-order valence-electron chi connectivity index (χ1n) is 8.29. The van der Waals surface area contributed by atoms with Crippen molar-refractivity contribution in [2.45, 2.75) is 44.2 Å². The fourth-order valence-electron chi connectivity index (χ4n) is 3.39. The van der Waals surface area contributed by atoms with Crippen molar-refractivity contribution < 1.29 is 4.79 Å². The highest BCUT2D eigenvalue weighted by Gasteiger charge is 2.38. The average molecular weight is 403 g/mol. The van der Waals surface area contributed by atoms with Gasteiger partial charge in [-0.2, -0.15) is 5.26 Å². The van der Waals surface area contributed by atoms with Gasteiger partial charge in [0.25, 0.3) is 5.56 Å². The SMILES string of the molecule is CN(C(=O)Cn1cnc2ccc(Br)cc2c1=O)C1(C#N)CCCCC1. The minimum absolute atomic E-state index is 0.117. The summed E-state index contributed by atoms with van der Waals surface area (Å²) in [6.45, 7) is -0.117. The molecule has 1 saturated carbocycles. The monoisotopic (exact) mass is 402 g/mol. The Bertz CT molecular complexity index is 909. The molecule has 130 valence electrons. The van der Waals surface area contributed by atoms with Crippen LogP contribution < -0.4 is 5.56 Å². The maximum absolute atomic E-state index is 12.7. The van der Waals surface area contributed by atoms with Gasteiger partial charge in [-0.05, 0) is 31.0 Å². The van der Waals surface area contributed by atoms with E-state index in [9.17, 15) is 14.9 Å². The van der Waals surface area contributed by atoms with Gasteiger partial charge >= 0.3 is 0 Å². The molecule has 25 heavy (non-hydrogen) atoms. The molecular weight excluding hydrogens is 384 g/mol. The summed E-state index contributed by atoms with van der Waals surface area (Å²) in [6.07, 6.45) is 5.74. The zero-order chi connectivity index (χ0) is 18.0. The summed E-state index contributed by atoms with van der Waals surface area (Å²) < 4.78 is 2.09. The number of hydrogen-bond donors (Lipinski definition) is 0. The average Bonchev–Trinajstić information content (AvgIpc) is 2.64. The molecular formula is C18H19BrN4O2. The van der Waals surface area contributed by atoms with Crippen molar-refractivity contribution in [3.8, 4) is 6.07 Å². The molecule has 0 radical (unpaired) electrons. The standard InChI is InChI=1S/C18H19BrN4O2/c1-22(18(11-20)7-3-2-4-8-18)16(24)10-23-12-21-15-6-5-13(19)9-14(15)17(23)25/h5-6,9,12H,2-4,7-8,10H2,1H3. The largest absolute Gasteiger partial charge is 0.325 e. The number of nitrogens with zero attached hydrogens (tertiary/aromatic N) is 4. The molecule has 1 heterocycles. The first-order chi connectivity index (χ1) is 12.0. The Morgan fingerprint density at radius 2 is 2.12 bits per heavy atom. The summed E-state index contributed by atoms with van der Waals surface area (Å²) >= 11 is 3.35. The number of hydrogen-bond acceptors (Lipinski definition) is 4. The van der Waals surface area contributed by atoms with Gasteiger partial charge in [-0.3, -0.25) is 14.2 Å². The van der Waals surface area contributed by atoms with E-state index in [1.807, 2.05) is 6.07 Å². The van der Waals surface area contributed by atoms with E-state index in [1.54, 1.807) is 19.2 Å². The fourth-order valence-corrected chi connectivity index (χ4v) is 3.75. The Balaban J connectivity index is 1.88. The van der Waals surface area contributed by atoms with Gasteiger partial charge < -0.3 is 4.90 Å². The predicted octanol–water partition coefficient (Wildman–Crippen LogP) is 2.84. The lowest BCUT2D eigenvalue weighted by Crippen LogP contribution is -2.51. The maximum atomic E-state index is 12.7. The van der Waals surface area contributed by atoms with E-state index in [2.05, 4.69) is 27.0 Å². The number of carbonyl (C=O) groups excluding carboxylic acids is 1. The molecule has 2 aromatic rings.